The molecule has 7 nitrogen and oxygen atoms in total. The quantitative estimate of drug-likeness (QED) is 0.396. The van der Waals surface area contributed by atoms with Gasteiger partial charge >= 0.3 is 12.0 Å². The van der Waals surface area contributed by atoms with Crippen LogP contribution in [0.1, 0.15) is 10.4 Å². The minimum absolute atomic E-state index is 0.206. The summed E-state index contributed by atoms with van der Waals surface area (Å²) in [6.45, 7) is 1.53. The highest BCUT2D eigenvalue weighted by Crippen LogP contribution is 2.22. The highest BCUT2D eigenvalue weighted by Gasteiger charge is 2.10. The zero-order valence-corrected chi connectivity index (χ0v) is 14.7. The molecule has 0 unspecified atom stereocenters. The third kappa shape index (κ3) is 8.00. The second-order valence-corrected chi connectivity index (χ2v) is 7.57. The van der Waals surface area contributed by atoms with Crippen LogP contribution >= 0.6 is 21.6 Å². The molecule has 0 spiro atoms. The number of carboxylic acids is 1. The van der Waals surface area contributed by atoms with E-state index in [0.29, 0.717) is 12.2 Å². The number of urea groups is 1. The average Bonchev–Trinajstić information content (AvgIpc) is 2.45. The van der Waals surface area contributed by atoms with E-state index in [-0.39, 0.29) is 11.3 Å². The SMILES string of the molecule is CN(C)CCSSCCNC(=O)Nc1ccc(C(=O)O)c(O)c1. The molecule has 1 aromatic rings. The number of carbonyl (C=O) groups is 2. The molecule has 0 radical (unpaired) electrons. The van der Waals surface area contributed by atoms with Gasteiger partial charge in [-0.2, -0.15) is 0 Å². The molecule has 0 aliphatic carbocycles. The van der Waals surface area contributed by atoms with Crippen LogP contribution in [0.25, 0.3) is 0 Å². The fourth-order valence-electron chi connectivity index (χ4n) is 1.51. The number of nitrogens with zero attached hydrogens (tertiary/aromatic N) is 1. The summed E-state index contributed by atoms with van der Waals surface area (Å²) in [5, 5.41) is 23.6. The Morgan fingerprint density at radius 3 is 2.52 bits per heavy atom. The summed E-state index contributed by atoms with van der Waals surface area (Å²) in [7, 11) is 7.50. The summed E-state index contributed by atoms with van der Waals surface area (Å²) in [6, 6.07) is 3.47. The maximum absolute atomic E-state index is 11.7. The summed E-state index contributed by atoms with van der Waals surface area (Å²) in [5.41, 5.74) is 0.125. The normalized spacial score (nSPS) is 10.6. The number of phenols is 1. The number of anilines is 1. The Kier molecular flexibility index (Phi) is 8.67. The number of hydrogen-bond donors (Lipinski definition) is 4. The molecule has 0 aromatic heterocycles. The standard InChI is InChI=1S/C14H21N3O4S2/c1-17(2)6-8-23-22-7-5-15-14(21)16-10-3-4-11(13(19)20)12(18)9-10/h3-4,9,18H,5-8H2,1-2H3,(H,19,20)(H2,15,16,21). The molecule has 128 valence electrons. The van der Waals surface area contributed by atoms with Crippen LogP contribution in [0, 0.1) is 0 Å². The Morgan fingerprint density at radius 2 is 1.91 bits per heavy atom. The van der Waals surface area contributed by atoms with E-state index in [1.807, 2.05) is 14.1 Å². The third-order valence-corrected chi connectivity index (χ3v) is 5.05. The third-order valence-electron chi connectivity index (χ3n) is 2.66. The van der Waals surface area contributed by atoms with Crippen molar-refractivity contribution in [3.8, 4) is 5.75 Å². The van der Waals surface area contributed by atoms with Crippen molar-refractivity contribution in [3.05, 3.63) is 23.8 Å². The summed E-state index contributed by atoms with van der Waals surface area (Å²) in [5.74, 6) is 0.207. The lowest BCUT2D eigenvalue weighted by atomic mass is 10.2. The lowest BCUT2D eigenvalue weighted by Crippen LogP contribution is -2.30. The number of amides is 2. The topological polar surface area (TPSA) is 102 Å². The molecule has 0 bridgehead atoms. The number of nitrogens with one attached hydrogen (secondary N) is 2. The number of rotatable bonds is 9. The Bertz CT molecular complexity index is 541. The average molecular weight is 359 g/mol. The molecular formula is C14H21N3O4S2. The molecule has 1 aromatic carbocycles. The zero-order valence-electron chi connectivity index (χ0n) is 13.0. The molecule has 2 amide bonds. The molecule has 4 N–H and O–H groups in total. The Labute approximate surface area is 143 Å². The largest absolute Gasteiger partial charge is 0.507 e. The molecule has 9 heteroatoms. The van der Waals surface area contributed by atoms with Crippen molar-refractivity contribution >= 4 is 39.3 Å². The number of benzene rings is 1. The first kappa shape index (κ1) is 19.5. The van der Waals surface area contributed by atoms with Crippen LogP contribution in [0.5, 0.6) is 5.75 Å². The van der Waals surface area contributed by atoms with Gasteiger partial charge in [-0.1, -0.05) is 21.6 Å². The van der Waals surface area contributed by atoms with Crippen molar-refractivity contribution in [2.75, 3.05) is 44.0 Å². The monoisotopic (exact) mass is 359 g/mol. The smallest absolute Gasteiger partial charge is 0.339 e. The summed E-state index contributed by atoms with van der Waals surface area (Å²) >= 11 is 0. The minimum Gasteiger partial charge on any atom is -0.507 e. The van der Waals surface area contributed by atoms with Crippen molar-refractivity contribution in [2.45, 2.75) is 0 Å². The first-order valence-corrected chi connectivity index (χ1v) is 9.39. The maximum Gasteiger partial charge on any atom is 0.339 e. The van der Waals surface area contributed by atoms with Crippen molar-refractivity contribution in [1.82, 2.24) is 10.2 Å². The molecule has 1 rings (SSSR count). The van der Waals surface area contributed by atoms with Gasteiger partial charge in [0.25, 0.3) is 0 Å². The zero-order chi connectivity index (χ0) is 17.2. The van der Waals surface area contributed by atoms with Crippen LogP contribution in [-0.4, -0.2) is 65.8 Å². The van der Waals surface area contributed by atoms with Gasteiger partial charge in [-0.15, -0.1) is 0 Å². The van der Waals surface area contributed by atoms with Crippen LogP contribution < -0.4 is 10.6 Å². The van der Waals surface area contributed by atoms with Crippen molar-refractivity contribution in [1.29, 1.82) is 0 Å². The Balaban J connectivity index is 2.24. The molecule has 0 saturated carbocycles. The number of carbonyl (C=O) groups excluding carboxylic acids is 1. The lowest BCUT2D eigenvalue weighted by molar-refractivity contribution is 0.0694. The Hall–Kier alpha value is -1.58. The molecule has 23 heavy (non-hydrogen) atoms. The van der Waals surface area contributed by atoms with Crippen LogP contribution in [0.15, 0.2) is 18.2 Å². The fourth-order valence-corrected chi connectivity index (χ4v) is 3.55. The van der Waals surface area contributed by atoms with Crippen LogP contribution in [0.3, 0.4) is 0 Å². The fraction of sp³-hybridized carbons (Fsp3) is 0.429. The van der Waals surface area contributed by atoms with E-state index in [2.05, 4.69) is 15.5 Å². The van der Waals surface area contributed by atoms with Gasteiger partial charge in [0.05, 0.1) is 0 Å². The van der Waals surface area contributed by atoms with Gasteiger partial charge < -0.3 is 25.7 Å². The highest BCUT2D eigenvalue weighted by atomic mass is 33.1. The molecule has 0 fully saturated rings. The van der Waals surface area contributed by atoms with E-state index >= 15 is 0 Å². The van der Waals surface area contributed by atoms with Crippen molar-refractivity contribution in [2.24, 2.45) is 0 Å². The maximum atomic E-state index is 11.7. The van der Waals surface area contributed by atoms with Crippen LogP contribution in [0.2, 0.25) is 0 Å². The van der Waals surface area contributed by atoms with Crippen LogP contribution in [0.4, 0.5) is 10.5 Å². The second-order valence-electron chi connectivity index (χ2n) is 4.87. The van der Waals surface area contributed by atoms with E-state index in [0.717, 1.165) is 18.1 Å². The van der Waals surface area contributed by atoms with E-state index in [9.17, 15) is 14.7 Å². The summed E-state index contributed by atoms with van der Waals surface area (Å²) in [6.07, 6.45) is 0. The number of hydrogen-bond acceptors (Lipinski definition) is 6. The van der Waals surface area contributed by atoms with Gasteiger partial charge in [0.2, 0.25) is 0 Å². The molecule has 0 aliphatic heterocycles. The van der Waals surface area contributed by atoms with E-state index < -0.39 is 12.0 Å². The lowest BCUT2D eigenvalue weighted by Gasteiger charge is -2.09. The minimum atomic E-state index is -1.22. The van der Waals surface area contributed by atoms with Crippen LogP contribution in [-0.2, 0) is 0 Å². The molecule has 0 aliphatic rings. The highest BCUT2D eigenvalue weighted by molar-refractivity contribution is 8.76. The van der Waals surface area contributed by atoms with Gasteiger partial charge in [0.15, 0.2) is 0 Å². The molecule has 0 heterocycles. The summed E-state index contributed by atoms with van der Waals surface area (Å²) < 4.78 is 0. The van der Waals surface area contributed by atoms with Crippen molar-refractivity contribution in [3.63, 3.8) is 0 Å². The predicted octanol–water partition coefficient (Wildman–Crippen LogP) is 2.15. The predicted molar refractivity (Wildman–Crippen MR) is 95.6 cm³/mol. The molecular weight excluding hydrogens is 338 g/mol. The number of aromatic carboxylic acids is 1. The van der Waals surface area contributed by atoms with Gasteiger partial charge in [0.1, 0.15) is 11.3 Å². The van der Waals surface area contributed by atoms with Gasteiger partial charge in [-0.05, 0) is 26.2 Å². The first-order valence-electron chi connectivity index (χ1n) is 6.90. The number of aromatic hydroxyl groups is 1. The first-order chi connectivity index (χ1) is 10.9. The Morgan fingerprint density at radius 1 is 1.22 bits per heavy atom. The van der Waals surface area contributed by atoms with E-state index in [4.69, 9.17) is 5.11 Å². The molecule has 0 atom stereocenters. The second kappa shape index (κ2) is 10.2. The number of carboxylic acid groups (broad SMARTS) is 1. The van der Waals surface area contributed by atoms with Gasteiger partial charge in [-0.3, -0.25) is 0 Å². The van der Waals surface area contributed by atoms with Gasteiger partial charge in [-0.25, -0.2) is 9.59 Å². The van der Waals surface area contributed by atoms with Gasteiger partial charge in [0, 0.05) is 36.3 Å². The molecule has 0 saturated heterocycles. The van der Waals surface area contributed by atoms with E-state index in [1.54, 1.807) is 21.6 Å². The van der Waals surface area contributed by atoms with Crippen molar-refractivity contribution < 1.29 is 19.8 Å². The summed E-state index contributed by atoms with van der Waals surface area (Å²) in [4.78, 5) is 24.6. The van der Waals surface area contributed by atoms with E-state index in [1.165, 1.54) is 18.2 Å².